The summed E-state index contributed by atoms with van der Waals surface area (Å²) in [5, 5.41) is 7.75. The first kappa shape index (κ1) is 18.4. The van der Waals surface area contributed by atoms with E-state index in [1.54, 1.807) is 0 Å². The number of aromatic nitrogens is 4. The van der Waals surface area contributed by atoms with E-state index in [4.69, 9.17) is 0 Å². The quantitative estimate of drug-likeness (QED) is 0.489. The van der Waals surface area contributed by atoms with Gasteiger partial charge in [-0.1, -0.05) is 23.8 Å². The molecular formula is C23H23N5O2. The number of hydrogen-bond donors (Lipinski definition) is 3. The highest BCUT2D eigenvalue weighted by Gasteiger charge is 2.27. The lowest BCUT2D eigenvalue weighted by atomic mass is 10.1. The summed E-state index contributed by atoms with van der Waals surface area (Å²) in [5.74, 6) is -0.172. The molecule has 152 valence electrons. The highest BCUT2D eigenvalue weighted by atomic mass is 16.2. The first-order chi connectivity index (χ1) is 14.5. The monoisotopic (exact) mass is 401 g/mol. The maximum atomic E-state index is 13.1. The van der Waals surface area contributed by atoms with Crippen molar-refractivity contribution in [2.75, 3.05) is 0 Å². The number of H-pyrrole nitrogens is 2. The van der Waals surface area contributed by atoms with Crippen molar-refractivity contribution in [3.63, 3.8) is 0 Å². The summed E-state index contributed by atoms with van der Waals surface area (Å²) in [7, 11) is 0. The standard InChI is InChI=1S/C23H23N5O2/c1-13-6-9-16(10-7-13)28-20-5-3-4-17(20)21(27-28)22(29)24-14(2)15-8-11-18-19(12-15)26-23(30)25-18/h6-12,14H,3-5H2,1-2H3,(H,24,29)(H2,25,26,30). The molecule has 30 heavy (non-hydrogen) atoms. The number of imidazole rings is 1. The number of hydrogen-bond acceptors (Lipinski definition) is 3. The first-order valence-electron chi connectivity index (χ1n) is 10.2. The van der Waals surface area contributed by atoms with E-state index < -0.39 is 0 Å². The van der Waals surface area contributed by atoms with Crippen LogP contribution in [0.15, 0.2) is 47.3 Å². The van der Waals surface area contributed by atoms with Gasteiger partial charge in [0.2, 0.25) is 0 Å². The normalized spacial score (nSPS) is 14.1. The number of amides is 1. The van der Waals surface area contributed by atoms with Crippen LogP contribution in [0.5, 0.6) is 0 Å². The van der Waals surface area contributed by atoms with E-state index in [9.17, 15) is 9.59 Å². The molecule has 1 aliphatic carbocycles. The molecule has 1 unspecified atom stereocenters. The molecule has 0 fully saturated rings. The minimum absolute atomic E-state index is 0.172. The lowest BCUT2D eigenvalue weighted by molar-refractivity contribution is 0.0933. The fourth-order valence-corrected chi connectivity index (χ4v) is 4.19. The summed E-state index contributed by atoms with van der Waals surface area (Å²) in [6.07, 6.45) is 2.83. The number of rotatable bonds is 4. The molecule has 4 aromatic rings. The molecule has 0 saturated carbocycles. The zero-order valence-corrected chi connectivity index (χ0v) is 17.0. The zero-order chi connectivity index (χ0) is 20.8. The van der Waals surface area contributed by atoms with Crippen molar-refractivity contribution < 1.29 is 4.79 Å². The Kier molecular flexibility index (Phi) is 4.31. The second-order valence-electron chi connectivity index (χ2n) is 7.95. The maximum absolute atomic E-state index is 13.1. The van der Waals surface area contributed by atoms with E-state index in [0.717, 1.165) is 52.8 Å². The van der Waals surface area contributed by atoms with E-state index in [1.807, 2.05) is 41.9 Å². The predicted molar refractivity (Wildman–Crippen MR) is 115 cm³/mol. The molecule has 2 heterocycles. The Morgan fingerprint density at radius 1 is 1.10 bits per heavy atom. The van der Waals surface area contributed by atoms with Gasteiger partial charge in [0.15, 0.2) is 5.69 Å². The van der Waals surface area contributed by atoms with Crippen LogP contribution < -0.4 is 11.0 Å². The molecule has 0 spiro atoms. The van der Waals surface area contributed by atoms with Gasteiger partial charge in [0.25, 0.3) is 5.91 Å². The average Bonchev–Trinajstić information content (AvgIpc) is 3.41. The summed E-state index contributed by atoms with van der Waals surface area (Å²) in [4.78, 5) is 30.1. The number of fused-ring (bicyclic) bond motifs is 2. The van der Waals surface area contributed by atoms with Crippen molar-refractivity contribution in [1.82, 2.24) is 25.1 Å². The highest BCUT2D eigenvalue weighted by molar-refractivity contribution is 5.94. The third-order valence-corrected chi connectivity index (χ3v) is 5.81. The van der Waals surface area contributed by atoms with Crippen LogP contribution in [0.25, 0.3) is 16.7 Å². The average molecular weight is 401 g/mol. The van der Waals surface area contributed by atoms with Gasteiger partial charge in [-0.25, -0.2) is 9.48 Å². The number of nitrogens with zero attached hydrogens (tertiary/aromatic N) is 2. The molecule has 5 rings (SSSR count). The fraction of sp³-hybridized carbons (Fsp3) is 0.261. The van der Waals surface area contributed by atoms with E-state index in [2.05, 4.69) is 39.4 Å². The van der Waals surface area contributed by atoms with E-state index in [-0.39, 0.29) is 17.6 Å². The van der Waals surface area contributed by atoms with Crippen LogP contribution in [-0.2, 0) is 12.8 Å². The van der Waals surface area contributed by atoms with Gasteiger partial charge < -0.3 is 15.3 Å². The van der Waals surface area contributed by atoms with Gasteiger partial charge in [-0.2, -0.15) is 5.10 Å². The first-order valence-corrected chi connectivity index (χ1v) is 10.2. The summed E-state index contributed by atoms with van der Waals surface area (Å²) >= 11 is 0. The van der Waals surface area contributed by atoms with Crippen molar-refractivity contribution in [2.24, 2.45) is 0 Å². The van der Waals surface area contributed by atoms with Gasteiger partial charge in [-0.05, 0) is 62.9 Å². The van der Waals surface area contributed by atoms with Crippen LogP contribution in [0.1, 0.15) is 52.3 Å². The van der Waals surface area contributed by atoms with E-state index in [1.165, 1.54) is 5.56 Å². The molecule has 0 radical (unpaired) electrons. The SMILES string of the molecule is Cc1ccc(-n2nc(C(=O)NC(C)c3ccc4[nH]c(=O)[nH]c4c3)c3c2CCC3)cc1. The molecule has 2 aromatic heterocycles. The van der Waals surface area contributed by atoms with E-state index >= 15 is 0 Å². The molecule has 0 aliphatic heterocycles. The minimum atomic E-state index is -0.240. The van der Waals surface area contributed by atoms with Gasteiger partial charge in [-0.15, -0.1) is 0 Å². The number of nitrogens with one attached hydrogen (secondary N) is 3. The Morgan fingerprint density at radius 3 is 2.67 bits per heavy atom. The van der Waals surface area contributed by atoms with Crippen molar-refractivity contribution in [2.45, 2.75) is 39.2 Å². The van der Waals surface area contributed by atoms with Crippen molar-refractivity contribution in [3.05, 3.63) is 81.0 Å². The Morgan fingerprint density at radius 2 is 1.87 bits per heavy atom. The lowest BCUT2D eigenvalue weighted by Crippen LogP contribution is -2.28. The minimum Gasteiger partial charge on any atom is -0.344 e. The largest absolute Gasteiger partial charge is 0.344 e. The van der Waals surface area contributed by atoms with Crippen LogP contribution in [-0.4, -0.2) is 25.7 Å². The number of carbonyl (C=O) groups is 1. The second kappa shape index (κ2) is 7.02. The summed E-state index contributed by atoms with van der Waals surface area (Å²) < 4.78 is 1.91. The number of benzene rings is 2. The molecule has 7 heteroatoms. The molecule has 1 amide bonds. The van der Waals surface area contributed by atoms with Crippen LogP contribution in [0.4, 0.5) is 0 Å². The Hall–Kier alpha value is -3.61. The third kappa shape index (κ3) is 3.12. The molecule has 0 saturated heterocycles. The summed E-state index contributed by atoms with van der Waals surface area (Å²) in [5.41, 5.74) is 7.00. The Balaban J connectivity index is 1.43. The molecule has 1 atom stereocenters. The number of carbonyl (C=O) groups excluding carboxylic acids is 1. The highest BCUT2D eigenvalue weighted by Crippen LogP contribution is 2.28. The van der Waals surface area contributed by atoms with Crippen LogP contribution >= 0.6 is 0 Å². The molecule has 0 bridgehead atoms. The molecule has 1 aliphatic rings. The van der Waals surface area contributed by atoms with Crippen molar-refractivity contribution in [1.29, 1.82) is 0 Å². The van der Waals surface area contributed by atoms with Gasteiger partial charge in [0, 0.05) is 11.3 Å². The second-order valence-corrected chi connectivity index (χ2v) is 7.95. The lowest BCUT2D eigenvalue weighted by Gasteiger charge is -2.14. The summed E-state index contributed by atoms with van der Waals surface area (Å²) in [6.45, 7) is 3.99. The number of aromatic amines is 2. The topological polar surface area (TPSA) is 95.6 Å². The van der Waals surface area contributed by atoms with Gasteiger partial charge in [0.05, 0.1) is 22.8 Å². The molecule has 3 N–H and O–H groups in total. The predicted octanol–water partition coefficient (Wildman–Crippen LogP) is 3.33. The van der Waals surface area contributed by atoms with Gasteiger partial charge in [-0.3, -0.25) is 4.79 Å². The molecule has 2 aromatic carbocycles. The molecule has 7 nitrogen and oxygen atoms in total. The fourth-order valence-electron chi connectivity index (χ4n) is 4.19. The Bertz CT molecular complexity index is 1310. The van der Waals surface area contributed by atoms with E-state index in [0.29, 0.717) is 5.69 Å². The maximum Gasteiger partial charge on any atom is 0.323 e. The van der Waals surface area contributed by atoms with Crippen LogP contribution in [0, 0.1) is 6.92 Å². The zero-order valence-electron chi connectivity index (χ0n) is 17.0. The van der Waals surface area contributed by atoms with Crippen molar-refractivity contribution >= 4 is 16.9 Å². The van der Waals surface area contributed by atoms with Crippen LogP contribution in [0.3, 0.4) is 0 Å². The van der Waals surface area contributed by atoms with Gasteiger partial charge in [0.1, 0.15) is 0 Å². The van der Waals surface area contributed by atoms with Crippen LogP contribution in [0.2, 0.25) is 0 Å². The molecular weight excluding hydrogens is 378 g/mol. The van der Waals surface area contributed by atoms with Gasteiger partial charge >= 0.3 is 5.69 Å². The Labute approximate surface area is 173 Å². The number of aryl methyl sites for hydroxylation is 1. The summed E-state index contributed by atoms with van der Waals surface area (Å²) in [6, 6.07) is 13.6. The third-order valence-electron chi connectivity index (χ3n) is 5.81. The smallest absolute Gasteiger partial charge is 0.323 e. The van der Waals surface area contributed by atoms with Crippen molar-refractivity contribution in [3.8, 4) is 5.69 Å².